The number of aromatic nitrogens is 3. The first-order chi connectivity index (χ1) is 15.9. The lowest BCUT2D eigenvalue weighted by molar-refractivity contribution is -0.113. The van der Waals surface area contributed by atoms with Crippen LogP contribution < -0.4 is 5.32 Å². The van der Waals surface area contributed by atoms with Crippen LogP contribution in [0.2, 0.25) is 0 Å². The molecule has 0 saturated carbocycles. The number of nitrogens with zero attached hydrogens (tertiary/aromatic N) is 3. The van der Waals surface area contributed by atoms with Crippen molar-refractivity contribution in [1.29, 1.82) is 0 Å². The zero-order chi connectivity index (χ0) is 23.5. The van der Waals surface area contributed by atoms with Crippen molar-refractivity contribution < 1.29 is 4.79 Å². The third-order valence-corrected chi connectivity index (χ3v) is 8.41. The molecule has 1 amide bonds. The Balaban J connectivity index is 1.53. The van der Waals surface area contributed by atoms with Crippen LogP contribution in [0.3, 0.4) is 0 Å². The van der Waals surface area contributed by atoms with Crippen molar-refractivity contribution in [1.82, 2.24) is 14.8 Å². The van der Waals surface area contributed by atoms with E-state index in [2.05, 4.69) is 78.3 Å². The van der Waals surface area contributed by atoms with Crippen LogP contribution in [0.25, 0.3) is 11.4 Å². The van der Waals surface area contributed by atoms with E-state index >= 15 is 0 Å². The summed E-state index contributed by atoms with van der Waals surface area (Å²) in [6.07, 6.45) is 5.29. The second-order valence-corrected chi connectivity index (χ2v) is 11.1. The van der Waals surface area contributed by atoms with Gasteiger partial charge in [0.25, 0.3) is 0 Å². The Morgan fingerprint density at radius 1 is 1.24 bits per heavy atom. The average molecular weight is 483 g/mol. The van der Waals surface area contributed by atoms with Crippen molar-refractivity contribution in [2.45, 2.75) is 77.9 Å². The summed E-state index contributed by atoms with van der Waals surface area (Å²) in [4.78, 5) is 14.4. The van der Waals surface area contributed by atoms with Crippen LogP contribution in [-0.4, -0.2) is 26.4 Å². The first-order valence-electron chi connectivity index (χ1n) is 12.0. The Labute approximate surface area is 205 Å². The Kier molecular flexibility index (Phi) is 7.59. The highest BCUT2D eigenvalue weighted by molar-refractivity contribution is 7.99. The summed E-state index contributed by atoms with van der Waals surface area (Å²) in [5, 5.41) is 15.3. The molecule has 0 aliphatic heterocycles. The molecule has 0 saturated heterocycles. The van der Waals surface area contributed by atoms with Gasteiger partial charge in [0.2, 0.25) is 5.91 Å². The molecule has 0 spiro atoms. The molecule has 176 valence electrons. The van der Waals surface area contributed by atoms with Gasteiger partial charge in [-0.3, -0.25) is 9.36 Å². The van der Waals surface area contributed by atoms with E-state index in [0.717, 1.165) is 48.3 Å². The molecule has 33 heavy (non-hydrogen) atoms. The molecule has 1 unspecified atom stereocenters. The van der Waals surface area contributed by atoms with Crippen molar-refractivity contribution in [3.63, 3.8) is 0 Å². The number of nitrogens with one attached hydrogen (secondary N) is 1. The van der Waals surface area contributed by atoms with Crippen LogP contribution in [0.4, 0.5) is 5.69 Å². The normalized spacial score (nSPS) is 15.6. The number of amides is 1. The van der Waals surface area contributed by atoms with Gasteiger partial charge < -0.3 is 5.32 Å². The molecule has 1 atom stereocenters. The van der Waals surface area contributed by atoms with E-state index in [1.807, 2.05) is 11.3 Å². The molecule has 1 N–H and O–H groups in total. The van der Waals surface area contributed by atoms with Crippen LogP contribution in [0.15, 0.2) is 28.7 Å². The summed E-state index contributed by atoms with van der Waals surface area (Å²) < 4.78 is 2.19. The number of carbonyl (C=O) groups is 1. The molecule has 2 heterocycles. The number of fused-ring (bicyclic) bond motifs is 1. The van der Waals surface area contributed by atoms with Gasteiger partial charge in [-0.1, -0.05) is 50.7 Å². The highest BCUT2D eigenvalue weighted by Crippen LogP contribution is 2.39. The number of aryl methyl sites for hydroxylation is 2. The van der Waals surface area contributed by atoms with E-state index in [4.69, 9.17) is 0 Å². The zero-order valence-electron chi connectivity index (χ0n) is 20.3. The standard InChI is InChI=1S/C26H34N4OS2/c1-6-18-9-8-10-19(7-2)24(18)27-23(31)15-33-26-29-28-25(30(26)16(3)4)21-14-32-22-13-17(5)11-12-20(21)22/h8-10,14,16-17H,6-7,11-13,15H2,1-5H3,(H,27,31). The fraction of sp³-hybridized carbons (Fsp3) is 0.500. The van der Waals surface area contributed by atoms with Crippen LogP contribution in [0.5, 0.6) is 0 Å². The molecular weight excluding hydrogens is 448 g/mol. The molecule has 3 aromatic rings. The minimum Gasteiger partial charge on any atom is -0.325 e. The summed E-state index contributed by atoms with van der Waals surface area (Å²) >= 11 is 3.32. The second kappa shape index (κ2) is 10.4. The Bertz CT molecular complexity index is 1110. The predicted molar refractivity (Wildman–Crippen MR) is 139 cm³/mol. The quantitative estimate of drug-likeness (QED) is 0.369. The van der Waals surface area contributed by atoms with Gasteiger partial charge in [0.15, 0.2) is 11.0 Å². The molecule has 1 aliphatic carbocycles. The minimum atomic E-state index is -0.00245. The first-order valence-corrected chi connectivity index (χ1v) is 13.9. The second-order valence-electron chi connectivity index (χ2n) is 9.16. The smallest absolute Gasteiger partial charge is 0.234 e. The van der Waals surface area contributed by atoms with Gasteiger partial charge in [-0.15, -0.1) is 21.5 Å². The van der Waals surface area contributed by atoms with E-state index in [0.29, 0.717) is 5.75 Å². The molecule has 5 nitrogen and oxygen atoms in total. The number of carbonyl (C=O) groups excluding carboxylic acids is 1. The van der Waals surface area contributed by atoms with Crippen molar-refractivity contribution in [3.05, 3.63) is 45.1 Å². The third kappa shape index (κ3) is 5.04. The van der Waals surface area contributed by atoms with Gasteiger partial charge in [0.05, 0.1) is 5.75 Å². The lowest BCUT2D eigenvalue weighted by Crippen LogP contribution is -2.17. The molecule has 0 radical (unpaired) electrons. The van der Waals surface area contributed by atoms with Crippen LogP contribution in [0, 0.1) is 5.92 Å². The largest absolute Gasteiger partial charge is 0.325 e. The molecular formula is C26H34N4OS2. The number of hydrogen-bond acceptors (Lipinski definition) is 5. The van der Waals surface area contributed by atoms with Crippen molar-refractivity contribution >= 4 is 34.7 Å². The number of thioether (sulfide) groups is 1. The molecule has 1 aromatic carbocycles. The highest BCUT2D eigenvalue weighted by Gasteiger charge is 2.25. The summed E-state index contributed by atoms with van der Waals surface area (Å²) in [5.41, 5.74) is 6.00. The number of thiophene rings is 1. The number of para-hydroxylation sites is 1. The lowest BCUT2D eigenvalue weighted by Gasteiger charge is -2.20. The fourth-order valence-electron chi connectivity index (χ4n) is 4.60. The minimum absolute atomic E-state index is 0.00245. The van der Waals surface area contributed by atoms with E-state index in [9.17, 15) is 4.79 Å². The third-order valence-electron chi connectivity index (χ3n) is 6.42. The summed E-state index contributed by atoms with van der Waals surface area (Å²) in [5.74, 6) is 2.00. The van der Waals surface area contributed by atoms with E-state index in [1.165, 1.54) is 45.3 Å². The van der Waals surface area contributed by atoms with Crippen molar-refractivity contribution in [3.8, 4) is 11.4 Å². The van der Waals surface area contributed by atoms with Gasteiger partial charge >= 0.3 is 0 Å². The lowest BCUT2D eigenvalue weighted by atomic mass is 9.88. The van der Waals surface area contributed by atoms with Gasteiger partial charge in [0.1, 0.15) is 0 Å². The average Bonchev–Trinajstić information content (AvgIpc) is 3.41. The Morgan fingerprint density at radius 2 is 1.97 bits per heavy atom. The number of rotatable bonds is 8. The zero-order valence-corrected chi connectivity index (χ0v) is 21.9. The Morgan fingerprint density at radius 3 is 2.64 bits per heavy atom. The Hall–Kier alpha value is -2.12. The van der Waals surface area contributed by atoms with Crippen molar-refractivity contribution in [2.75, 3.05) is 11.1 Å². The van der Waals surface area contributed by atoms with Gasteiger partial charge in [0, 0.05) is 27.5 Å². The van der Waals surface area contributed by atoms with Gasteiger partial charge in [-0.2, -0.15) is 0 Å². The summed E-state index contributed by atoms with van der Waals surface area (Å²) in [7, 11) is 0. The van der Waals surface area contributed by atoms with Crippen LogP contribution in [-0.2, 0) is 30.5 Å². The molecule has 7 heteroatoms. The topological polar surface area (TPSA) is 59.8 Å². The molecule has 2 aromatic heterocycles. The molecule has 0 bridgehead atoms. The highest BCUT2D eigenvalue weighted by atomic mass is 32.2. The summed E-state index contributed by atoms with van der Waals surface area (Å²) in [6, 6.07) is 6.46. The SMILES string of the molecule is CCc1cccc(CC)c1NC(=O)CSc1nnc(-c2csc3c2CCC(C)C3)n1C(C)C. The maximum atomic E-state index is 12.9. The predicted octanol–water partition coefficient (Wildman–Crippen LogP) is 6.57. The van der Waals surface area contributed by atoms with Gasteiger partial charge in [-0.05, 0) is 68.6 Å². The summed E-state index contributed by atoms with van der Waals surface area (Å²) in [6.45, 7) is 10.9. The van der Waals surface area contributed by atoms with E-state index < -0.39 is 0 Å². The monoisotopic (exact) mass is 482 g/mol. The molecule has 0 fully saturated rings. The fourth-order valence-corrected chi connectivity index (χ4v) is 6.71. The number of anilines is 1. The number of benzene rings is 1. The van der Waals surface area contributed by atoms with Crippen LogP contribution >= 0.6 is 23.1 Å². The number of hydrogen-bond donors (Lipinski definition) is 1. The molecule has 4 rings (SSSR count). The van der Waals surface area contributed by atoms with Gasteiger partial charge in [-0.25, -0.2) is 0 Å². The van der Waals surface area contributed by atoms with Crippen LogP contribution in [0.1, 0.15) is 68.6 Å². The van der Waals surface area contributed by atoms with Crippen molar-refractivity contribution in [2.24, 2.45) is 5.92 Å². The van der Waals surface area contributed by atoms with E-state index in [-0.39, 0.29) is 11.9 Å². The maximum absolute atomic E-state index is 12.9. The first kappa shape index (κ1) is 24.0. The van der Waals surface area contributed by atoms with E-state index in [1.54, 1.807) is 0 Å². The maximum Gasteiger partial charge on any atom is 0.234 e. The molecule has 1 aliphatic rings.